The van der Waals surface area contributed by atoms with Gasteiger partial charge in [0.25, 0.3) is 0 Å². The van der Waals surface area contributed by atoms with Crippen molar-refractivity contribution in [2.24, 2.45) is 0 Å². The maximum Gasteiger partial charge on any atom is 0.203 e. The lowest BCUT2D eigenvalue weighted by Crippen LogP contribution is -2.24. The third-order valence-electron chi connectivity index (χ3n) is 3.81. The van der Waals surface area contributed by atoms with E-state index < -0.39 is 6.10 Å². The van der Waals surface area contributed by atoms with Crippen molar-refractivity contribution in [3.8, 4) is 5.75 Å². The van der Waals surface area contributed by atoms with Gasteiger partial charge in [0.05, 0.1) is 0 Å². The van der Waals surface area contributed by atoms with Crippen LogP contribution in [0.1, 0.15) is 40.9 Å². The number of benzene rings is 2. The van der Waals surface area contributed by atoms with E-state index in [1.807, 2.05) is 56.3 Å². The molecule has 0 amide bonds. The lowest BCUT2D eigenvalue weighted by Gasteiger charge is -2.14. The first-order chi connectivity index (χ1) is 10.0. The Bertz CT molecular complexity index is 627. The number of rotatable bonds is 5. The fourth-order valence-electron chi connectivity index (χ4n) is 2.19. The van der Waals surface area contributed by atoms with Crippen molar-refractivity contribution in [1.82, 2.24) is 0 Å². The minimum atomic E-state index is -0.486. The monoisotopic (exact) mass is 282 g/mol. The molecule has 1 atom stereocenters. The molecule has 1 unspecified atom stereocenters. The molecule has 21 heavy (non-hydrogen) atoms. The maximum absolute atomic E-state index is 12.4. The van der Waals surface area contributed by atoms with Crippen LogP contribution in [0.25, 0.3) is 0 Å². The summed E-state index contributed by atoms with van der Waals surface area (Å²) in [5, 5.41) is 0. The molecule has 0 radical (unpaired) electrons. The number of ether oxygens (including phenoxy) is 1. The zero-order valence-electron chi connectivity index (χ0n) is 13.1. The molecule has 2 rings (SSSR count). The number of Topliss-reactive ketones (excluding diaryl/α,β-unsaturated/α-hetero) is 1. The Labute approximate surface area is 126 Å². The van der Waals surface area contributed by atoms with Crippen LogP contribution in [0.4, 0.5) is 0 Å². The number of ketones is 1. The lowest BCUT2D eigenvalue weighted by atomic mass is 10.0. The predicted molar refractivity (Wildman–Crippen MR) is 86.2 cm³/mol. The number of carbonyl (C=O) groups is 1. The predicted octanol–water partition coefficient (Wildman–Crippen LogP) is 4.52. The number of carbonyl (C=O) groups excluding carboxylic acids is 1. The van der Waals surface area contributed by atoms with Crippen molar-refractivity contribution in [2.45, 2.75) is 40.2 Å². The van der Waals surface area contributed by atoms with E-state index in [-0.39, 0.29) is 5.78 Å². The van der Waals surface area contributed by atoms with Gasteiger partial charge in [-0.05, 0) is 62.1 Å². The van der Waals surface area contributed by atoms with Gasteiger partial charge in [-0.15, -0.1) is 0 Å². The van der Waals surface area contributed by atoms with Gasteiger partial charge in [-0.25, -0.2) is 0 Å². The van der Waals surface area contributed by atoms with E-state index in [0.29, 0.717) is 5.56 Å². The molecule has 0 saturated carbocycles. The molecule has 0 aromatic heterocycles. The average Bonchev–Trinajstić information content (AvgIpc) is 2.50. The van der Waals surface area contributed by atoms with E-state index in [4.69, 9.17) is 4.74 Å². The van der Waals surface area contributed by atoms with Crippen LogP contribution in [0, 0.1) is 13.8 Å². The second kappa shape index (κ2) is 6.57. The molecule has 2 heteroatoms. The van der Waals surface area contributed by atoms with Gasteiger partial charge in [-0.3, -0.25) is 4.79 Å². The molecule has 0 fully saturated rings. The third kappa shape index (κ3) is 3.72. The summed E-state index contributed by atoms with van der Waals surface area (Å²) in [5.74, 6) is 0.745. The highest BCUT2D eigenvalue weighted by atomic mass is 16.5. The molecule has 0 heterocycles. The van der Waals surface area contributed by atoms with E-state index in [1.165, 1.54) is 11.1 Å². The molecule has 0 aliphatic rings. The molecule has 0 N–H and O–H groups in total. The molecule has 2 nitrogen and oxygen atoms in total. The summed E-state index contributed by atoms with van der Waals surface area (Å²) in [6, 6.07) is 13.7. The molecule has 2 aromatic carbocycles. The first-order valence-electron chi connectivity index (χ1n) is 7.38. The Hall–Kier alpha value is -2.09. The summed E-state index contributed by atoms with van der Waals surface area (Å²) in [6.07, 6.45) is 0.511. The molecule has 0 aliphatic heterocycles. The van der Waals surface area contributed by atoms with Gasteiger partial charge < -0.3 is 4.74 Å². The standard InChI is InChI=1S/C19H22O2/c1-5-16-7-10-18(11-8-16)21-15(4)19(20)17-9-6-13(2)14(3)12-17/h6-12,15H,5H2,1-4H3. The lowest BCUT2D eigenvalue weighted by molar-refractivity contribution is 0.0818. The highest BCUT2D eigenvalue weighted by molar-refractivity contribution is 5.99. The van der Waals surface area contributed by atoms with Gasteiger partial charge in [-0.1, -0.05) is 31.2 Å². The molecular weight excluding hydrogens is 260 g/mol. The van der Waals surface area contributed by atoms with Gasteiger partial charge >= 0.3 is 0 Å². The fourth-order valence-corrected chi connectivity index (χ4v) is 2.19. The number of hydrogen-bond donors (Lipinski definition) is 0. The van der Waals surface area contributed by atoms with Crippen molar-refractivity contribution >= 4 is 5.78 Å². The van der Waals surface area contributed by atoms with Gasteiger partial charge in [0.1, 0.15) is 5.75 Å². The minimum absolute atomic E-state index is 0.0117. The van der Waals surface area contributed by atoms with Crippen LogP contribution in [0.3, 0.4) is 0 Å². The van der Waals surface area contributed by atoms with Crippen molar-refractivity contribution in [3.63, 3.8) is 0 Å². The second-order valence-electron chi connectivity index (χ2n) is 5.42. The van der Waals surface area contributed by atoms with Crippen LogP contribution in [-0.4, -0.2) is 11.9 Å². The molecule has 0 saturated heterocycles. The zero-order valence-corrected chi connectivity index (χ0v) is 13.1. The van der Waals surface area contributed by atoms with E-state index in [1.54, 1.807) is 6.92 Å². The van der Waals surface area contributed by atoms with E-state index in [2.05, 4.69) is 6.92 Å². The smallest absolute Gasteiger partial charge is 0.203 e. The summed E-state index contributed by atoms with van der Waals surface area (Å²) >= 11 is 0. The molecular formula is C19H22O2. The first kappa shape index (κ1) is 15.3. The highest BCUT2D eigenvalue weighted by Gasteiger charge is 2.17. The first-order valence-corrected chi connectivity index (χ1v) is 7.38. The van der Waals surface area contributed by atoms with Crippen molar-refractivity contribution in [3.05, 3.63) is 64.7 Å². The summed E-state index contributed by atoms with van der Waals surface area (Å²) < 4.78 is 5.75. The Kier molecular flexibility index (Phi) is 4.79. The summed E-state index contributed by atoms with van der Waals surface area (Å²) in [6.45, 7) is 7.97. The van der Waals surface area contributed by atoms with Crippen molar-refractivity contribution in [1.29, 1.82) is 0 Å². The molecule has 2 aromatic rings. The van der Waals surface area contributed by atoms with E-state index >= 15 is 0 Å². The summed E-state index contributed by atoms with van der Waals surface area (Å²) in [4.78, 5) is 12.4. The van der Waals surface area contributed by atoms with Crippen LogP contribution in [-0.2, 0) is 6.42 Å². The Morgan fingerprint density at radius 3 is 2.29 bits per heavy atom. The van der Waals surface area contributed by atoms with E-state index in [0.717, 1.165) is 17.7 Å². The van der Waals surface area contributed by atoms with Gasteiger partial charge in [0, 0.05) is 5.56 Å². The third-order valence-corrected chi connectivity index (χ3v) is 3.81. The zero-order chi connectivity index (χ0) is 15.4. The number of hydrogen-bond acceptors (Lipinski definition) is 2. The Morgan fingerprint density at radius 2 is 1.71 bits per heavy atom. The largest absolute Gasteiger partial charge is 0.483 e. The summed E-state index contributed by atoms with van der Waals surface area (Å²) in [7, 11) is 0. The maximum atomic E-state index is 12.4. The second-order valence-corrected chi connectivity index (χ2v) is 5.42. The van der Waals surface area contributed by atoms with Gasteiger partial charge in [0.2, 0.25) is 5.78 Å². The Morgan fingerprint density at radius 1 is 1.05 bits per heavy atom. The Balaban J connectivity index is 2.09. The number of aryl methyl sites for hydroxylation is 3. The normalized spacial score (nSPS) is 12.0. The molecule has 0 bridgehead atoms. The van der Waals surface area contributed by atoms with Crippen LogP contribution < -0.4 is 4.74 Å². The van der Waals surface area contributed by atoms with Gasteiger partial charge in [0.15, 0.2) is 6.10 Å². The van der Waals surface area contributed by atoms with Gasteiger partial charge in [-0.2, -0.15) is 0 Å². The minimum Gasteiger partial charge on any atom is -0.483 e. The van der Waals surface area contributed by atoms with Crippen LogP contribution in [0.15, 0.2) is 42.5 Å². The van der Waals surface area contributed by atoms with E-state index in [9.17, 15) is 4.79 Å². The van der Waals surface area contributed by atoms with Crippen molar-refractivity contribution < 1.29 is 9.53 Å². The average molecular weight is 282 g/mol. The van der Waals surface area contributed by atoms with Crippen molar-refractivity contribution in [2.75, 3.05) is 0 Å². The SMILES string of the molecule is CCc1ccc(OC(C)C(=O)c2ccc(C)c(C)c2)cc1. The summed E-state index contributed by atoms with van der Waals surface area (Å²) in [5.41, 5.74) is 4.28. The topological polar surface area (TPSA) is 26.3 Å². The highest BCUT2D eigenvalue weighted by Crippen LogP contribution is 2.17. The molecule has 0 spiro atoms. The van der Waals surface area contributed by atoms with Crippen LogP contribution >= 0.6 is 0 Å². The fraction of sp³-hybridized carbons (Fsp3) is 0.316. The molecule has 0 aliphatic carbocycles. The molecule has 110 valence electrons. The van der Waals surface area contributed by atoms with Crippen LogP contribution in [0.2, 0.25) is 0 Å². The van der Waals surface area contributed by atoms with Crippen LogP contribution in [0.5, 0.6) is 5.75 Å². The quantitative estimate of drug-likeness (QED) is 0.754.